The van der Waals surface area contributed by atoms with Crippen molar-refractivity contribution < 1.29 is 4.79 Å². The van der Waals surface area contributed by atoms with Crippen molar-refractivity contribution in [2.75, 3.05) is 0 Å². The van der Waals surface area contributed by atoms with Crippen molar-refractivity contribution in [3.8, 4) is 0 Å². The number of carbonyl (C=O) groups excluding carboxylic acids is 1. The number of Topliss-reactive ketones (excluding diaryl/α,β-unsaturated/α-hetero) is 1. The highest BCUT2D eigenvalue weighted by molar-refractivity contribution is 5.79. The lowest BCUT2D eigenvalue weighted by molar-refractivity contribution is -0.121. The van der Waals surface area contributed by atoms with Crippen LogP contribution in [0.25, 0.3) is 0 Å². The fraction of sp³-hybridized carbons (Fsp3) is 0.500. The molecular weight excluding hydrogens is 184 g/mol. The number of aryl methyl sites for hydroxylation is 1. The molecule has 80 valence electrons. The largest absolute Gasteiger partial charge is 0.300 e. The van der Waals surface area contributed by atoms with Crippen molar-refractivity contribution in [2.45, 2.75) is 39.0 Å². The Labute approximate surface area is 91.5 Å². The summed E-state index contributed by atoms with van der Waals surface area (Å²) >= 11 is 0. The van der Waals surface area contributed by atoms with Crippen LogP contribution < -0.4 is 0 Å². The molecule has 1 atom stereocenters. The van der Waals surface area contributed by atoms with Gasteiger partial charge in [-0.05, 0) is 37.7 Å². The van der Waals surface area contributed by atoms with Gasteiger partial charge in [0.1, 0.15) is 5.78 Å². The molecule has 0 amide bonds. The van der Waals surface area contributed by atoms with Crippen LogP contribution in [0.15, 0.2) is 24.3 Å². The van der Waals surface area contributed by atoms with Crippen LogP contribution in [-0.4, -0.2) is 5.78 Å². The molecule has 1 aliphatic rings. The number of rotatable bonds is 2. The monoisotopic (exact) mass is 202 g/mol. The van der Waals surface area contributed by atoms with Gasteiger partial charge in [0.15, 0.2) is 0 Å². The zero-order valence-electron chi connectivity index (χ0n) is 9.33. The first kappa shape index (κ1) is 10.4. The van der Waals surface area contributed by atoms with Crippen molar-refractivity contribution in [3.63, 3.8) is 0 Å². The highest BCUT2D eigenvalue weighted by Crippen LogP contribution is 2.24. The fourth-order valence-corrected chi connectivity index (χ4v) is 2.35. The van der Waals surface area contributed by atoms with E-state index in [9.17, 15) is 4.79 Å². The van der Waals surface area contributed by atoms with Gasteiger partial charge in [0.25, 0.3) is 0 Å². The molecule has 0 aromatic heterocycles. The summed E-state index contributed by atoms with van der Waals surface area (Å²) in [4.78, 5) is 11.3. The Morgan fingerprint density at radius 3 is 2.67 bits per heavy atom. The minimum atomic E-state index is 0.457. The van der Waals surface area contributed by atoms with Crippen LogP contribution in [0, 0.1) is 12.8 Å². The lowest BCUT2D eigenvalue weighted by Crippen LogP contribution is -2.16. The van der Waals surface area contributed by atoms with E-state index in [4.69, 9.17) is 0 Å². The summed E-state index contributed by atoms with van der Waals surface area (Å²) in [6.45, 7) is 2.11. The van der Waals surface area contributed by atoms with Gasteiger partial charge in [0.05, 0.1) is 0 Å². The van der Waals surface area contributed by atoms with E-state index in [1.165, 1.54) is 17.5 Å². The summed E-state index contributed by atoms with van der Waals surface area (Å²) in [5, 5.41) is 0. The summed E-state index contributed by atoms with van der Waals surface area (Å²) in [5.41, 5.74) is 2.68. The SMILES string of the molecule is Cc1ccc(CC2CCCC(=O)C2)cc1. The standard InChI is InChI=1S/C14H18O/c1-11-5-7-12(8-6-11)9-13-3-2-4-14(15)10-13/h5-8,13H,2-4,9-10H2,1H3. The van der Waals surface area contributed by atoms with Gasteiger partial charge < -0.3 is 0 Å². The molecule has 1 aromatic carbocycles. The van der Waals surface area contributed by atoms with E-state index in [1.54, 1.807) is 0 Å². The summed E-state index contributed by atoms with van der Waals surface area (Å²) in [5.74, 6) is 1.05. The molecule has 1 unspecified atom stereocenters. The van der Waals surface area contributed by atoms with Gasteiger partial charge in [0, 0.05) is 12.8 Å². The third-order valence-corrected chi connectivity index (χ3v) is 3.23. The number of benzene rings is 1. The molecule has 1 aliphatic carbocycles. The van der Waals surface area contributed by atoms with E-state index in [0.717, 1.165) is 25.7 Å². The van der Waals surface area contributed by atoms with Gasteiger partial charge >= 0.3 is 0 Å². The van der Waals surface area contributed by atoms with E-state index in [1.807, 2.05) is 0 Å². The molecule has 1 nitrogen and oxygen atoms in total. The van der Waals surface area contributed by atoms with E-state index in [-0.39, 0.29) is 0 Å². The molecule has 1 aromatic rings. The lowest BCUT2D eigenvalue weighted by atomic mass is 9.84. The maximum Gasteiger partial charge on any atom is 0.133 e. The van der Waals surface area contributed by atoms with Crippen LogP contribution in [0.4, 0.5) is 0 Å². The first-order chi connectivity index (χ1) is 7.24. The second kappa shape index (κ2) is 4.61. The van der Waals surface area contributed by atoms with Gasteiger partial charge in [-0.25, -0.2) is 0 Å². The van der Waals surface area contributed by atoms with Crippen LogP contribution in [0.2, 0.25) is 0 Å². The third kappa shape index (κ3) is 2.92. The highest BCUT2D eigenvalue weighted by Gasteiger charge is 2.19. The summed E-state index contributed by atoms with van der Waals surface area (Å²) in [6, 6.07) is 8.68. The number of carbonyl (C=O) groups is 1. The van der Waals surface area contributed by atoms with Crippen molar-refractivity contribution >= 4 is 5.78 Å². The first-order valence-corrected chi connectivity index (χ1v) is 5.81. The predicted octanol–water partition coefficient (Wildman–Crippen LogP) is 3.30. The first-order valence-electron chi connectivity index (χ1n) is 5.81. The zero-order chi connectivity index (χ0) is 10.7. The minimum Gasteiger partial charge on any atom is -0.300 e. The van der Waals surface area contributed by atoms with Crippen molar-refractivity contribution in [1.29, 1.82) is 0 Å². The maximum absolute atomic E-state index is 11.3. The molecule has 0 spiro atoms. The van der Waals surface area contributed by atoms with Crippen LogP contribution >= 0.6 is 0 Å². The van der Waals surface area contributed by atoms with Crippen LogP contribution in [0.3, 0.4) is 0 Å². The predicted molar refractivity (Wildman–Crippen MR) is 61.8 cm³/mol. The highest BCUT2D eigenvalue weighted by atomic mass is 16.1. The molecule has 0 bridgehead atoms. The molecule has 0 heterocycles. The summed E-state index contributed by atoms with van der Waals surface area (Å²) in [6.07, 6.45) is 5.00. The van der Waals surface area contributed by atoms with E-state index < -0.39 is 0 Å². The Bertz CT molecular complexity index is 337. The van der Waals surface area contributed by atoms with E-state index in [0.29, 0.717) is 11.7 Å². The van der Waals surface area contributed by atoms with Gasteiger partial charge in [-0.3, -0.25) is 4.79 Å². The average molecular weight is 202 g/mol. The Balaban J connectivity index is 1.96. The van der Waals surface area contributed by atoms with Gasteiger partial charge in [0.2, 0.25) is 0 Å². The Morgan fingerprint density at radius 1 is 1.27 bits per heavy atom. The topological polar surface area (TPSA) is 17.1 Å². The Hall–Kier alpha value is -1.11. The number of hydrogen-bond acceptors (Lipinski definition) is 1. The maximum atomic E-state index is 11.3. The normalized spacial score (nSPS) is 21.7. The molecule has 1 saturated carbocycles. The Kier molecular flexibility index (Phi) is 3.20. The molecule has 1 fully saturated rings. The molecule has 15 heavy (non-hydrogen) atoms. The van der Waals surface area contributed by atoms with Gasteiger partial charge in [-0.1, -0.05) is 29.8 Å². The van der Waals surface area contributed by atoms with Crippen molar-refractivity contribution in [3.05, 3.63) is 35.4 Å². The molecule has 1 heteroatoms. The van der Waals surface area contributed by atoms with Crippen LogP contribution in [0.5, 0.6) is 0 Å². The smallest absolute Gasteiger partial charge is 0.133 e. The summed E-state index contributed by atoms with van der Waals surface area (Å²) in [7, 11) is 0. The third-order valence-electron chi connectivity index (χ3n) is 3.23. The number of hydrogen-bond donors (Lipinski definition) is 0. The van der Waals surface area contributed by atoms with Gasteiger partial charge in [-0.15, -0.1) is 0 Å². The number of ketones is 1. The molecular formula is C14H18O. The van der Waals surface area contributed by atoms with Crippen molar-refractivity contribution in [1.82, 2.24) is 0 Å². The minimum absolute atomic E-state index is 0.457. The average Bonchev–Trinajstić information content (AvgIpc) is 2.22. The molecule has 0 N–H and O–H groups in total. The van der Waals surface area contributed by atoms with Crippen molar-refractivity contribution in [2.24, 2.45) is 5.92 Å². The fourth-order valence-electron chi connectivity index (χ4n) is 2.35. The molecule has 0 aliphatic heterocycles. The molecule has 0 radical (unpaired) electrons. The second-order valence-electron chi connectivity index (χ2n) is 4.69. The van der Waals surface area contributed by atoms with Crippen LogP contribution in [-0.2, 0) is 11.2 Å². The summed E-state index contributed by atoms with van der Waals surface area (Å²) < 4.78 is 0. The van der Waals surface area contributed by atoms with E-state index >= 15 is 0 Å². The Morgan fingerprint density at radius 2 is 2.00 bits per heavy atom. The van der Waals surface area contributed by atoms with Crippen LogP contribution in [0.1, 0.15) is 36.8 Å². The van der Waals surface area contributed by atoms with Gasteiger partial charge in [-0.2, -0.15) is 0 Å². The molecule has 2 rings (SSSR count). The lowest BCUT2D eigenvalue weighted by Gasteiger charge is -2.20. The van der Waals surface area contributed by atoms with E-state index in [2.05, 4.69) is 31.2 Å². The second-order valence-corrected chi connectivity index (χ2v) is 4.69. The zero-order valence-corrected chi connectivity index (χ0v) is 9.33. The quantitative estimate of drug-likeness (QED) is 0.719. The molecule has 0 saturated heterocycles.